The summed E-state index contributed by atoms with van der Waals surface area (Å²) in [6.45, 7) is 0. The van der Waals surface area contributed by atoms with Crippen LogP contribution in [0.1, 0.15) is 35.1 Å². The van der Waals surface area contributed by atoms with Gasteiger partial charge in [-0.25, -0.2) is 4.79 Å². The van der Waals surface area contributed by atoms with Crippen molar-refractivity contribution in [2.75, 3.05) is 7.11 Å². The number of methoxy groups -OCH3 is 1. The Kier molecular flexibility index (Phi) is 4.72. The van der Waals surface area contributed by atoms with Gasteiger partial charge in [-0.3, -0.25) is 0 Å². The molecule has 0 saturated carbocycles. The van der Waals surface area contributed by atoms with Crippen LogP contribution in [0, 0.1) is 0 Å². The summed E-state index contributed by atoms with van der Waals surface area (Å²) in [6.07, 6.45) is 8.98. The van der Waals surface area contributed by atoms with Crippen molar-refractivity contribution in [3.63, 3.8) is 0 Å². The molecular formula is C21H20O2. The maximum absolute atomic E-state index is 11.2. The van der Waals surface area contributed by atoms with E-state index in [1.54, 1.807) is 6.08 Å². The summed E-state index contributed by atoms with van der Waals surface area (Å²) in [7, 11) is 1.38. The van der Waals surface area contributed by atoms with Crippen LogP contribution in [0.25, 0.3) is 11.6 Å². The first-order valence-corrected chi connectivity index (χ1v) is 7.93. The summed E-state index contributed by atoms with van der Waals surface area (Å²) < 4.78 is 4.61. The normalized spacial score (nSPS) is 14.0. The molecule has 0 N–H and O–H groups in total. The smallest absolute Gasteiger partial charge is 0.330 e. The van der Waals surface area contributed by atoms with E-state index in [1.165, 1.54) is 41.9 Å². The third-order valence-corrected chi connectivity index (χ3v) is 4.14. The molecule has 2 nitrogen and oxygen atoms in total. The van der Waals surface area contributed by atoms with E-state index >= 15 is 0 Å². The van der Waals surface area contributed by atoms with Crippen LogP contribution in [0.2, 0.25) is 0 Å². The van der Waals surface area contributed by atoms with Crippen molar-refractivity contribution >= 4 is 17.6 Å². The van der Waals surface area contributed by atoms with Crippen molar-refractivity contribution in [1.82, 2.24) is 0 Å². The summed E-state index contributed by atoms with van der Waals surface area (Å²) in [4.78, 5) is 11.2. The number of fused-ring (bicyclic) bond motifs is 1. The first-order chi connectivity index (χ1) is 11.3. The molecule has 23 heavy (non-hydrogen) atoms. The van der Waals surface area contributed by atoms with E-state index in [0.29, 0.717) is 0 Å². The van der Waals surface area contributed by atoms with Gasteiger partial charge in [-0.1, -0.05) is 54.6 Å². The molecule has 0 amide bonds. The minimum atomic E-state index is -0.338. The molecule has 2 aromatic rings. The second kappa shape index (κ2) is 7.10. The molecule has 2 aromatic carbocycles. The molecular weight excluding hydrogens is 284 g/mol. The Balaban J connectivity index is 1.89. The molecule has 0 fully saturated rings. The van der Waals surface area contributed by atoms with Gasteiger partial charge in [0.25, 0.3) is 0 Å². The molecule has 3 rings (SSSR count). The minimum absolute atomic E-state index is 0.338. The van der Waals surface area contributed by atoms with Gasteiger partial charge in [0.15, 0.2) is 0 Å². The van der Waals surface area contributed by atoms with Crippen molar-refractivity contribution in [2.45, 2.75) is 19.3 Å². The number of allylic oxidation sites excluding steroid dienone is 1. The fourth-order valence-corrected chi connectivity index (χ4v) is 2.93. The Bertz CT molecular complexity index is 752. The van der Waals surface area contributed by atoms with E-state index in [-0.39, 0.29) is 5.97 Å². The second-order valence-corrected chi connectivity index (χ2v) is 5.65. The van der Waals surface area contributed by atoms with Crippen molar-refractivity contribution in [2.24, 2.45) is 0 Å². The molecule has 0 radical (unpaired) electrons. The van der Waals surface area contributed by atoms with Crippen molar-refractivity contribution < 1.29 is 9.53 Å². The average Bonchev–Trinajstić information content (AvgIpc) is 2.82. The van der Waals surface area contributed by atoms with Crippen LogP contribution in [0.4, 0.5) is 0 Å². The molecule has 0 atom stereocenters. The molecule has 116 valence electrons. The number of hydrogen-bond acceptors (Lipinski definition) is 2. The molecule has 0 spiro atoms. The Labute approximate surface area is 137 Å². The van der Waals surface area contributed by atoms with Gasteiger partial charge in [-0.05, 0) is 53.2 Å². The highest BCUT2D eigenvalue weighted by Gasteiger charge is 2.12. The third kappa shape index (κ3) is 3.59. The van der Waals surface area contributed by atoms with Crippen LogP contribution in [-0.4, -0.2) is 13.1 Å². The summed E-state index contributed by atoms with van der Waals surface area (Å²) >= 11 is 0. The average molecular weight is 304 g/mol. The molecule has 0 aromatic heterocycles. The summed E-state index contributed by atoms with van der Waals surface area (Å²) in [5.74, 6) is -0.338. The predicted molar refractivity (Wildman–Crippen MR) is 94.0 cm³/mol. The van der Waals surface area contributed by atoms with E-state index in [9.17, 15) is 4.79 Å². The van der Waals surface area contributed by atoms with Crippen LogP contribution in [-0.2, 0) is 16.0 Å². The number of benzene rings is 2. The fourth-order valence-electron chi connectivity index (χ4n) is 2.93. The highest BCUT2D eigenvalue weighted by atomic mass is 16.5. The number of aryl methyl sites for hydroxylation is 1. The quantitative estimate of drug-likeness (QED) is 0.610. The molecule has 0 bridgehead atoms. The fraction of sp³-hybridized carbons (Fsp3) is 0.190. The zero-order chi connectivity index (χ0) is 16.1. The Morgan fingerprint density at radius 1 is 1.09 bits per heavy atom. The van der Waals surface area contributed by atoms with Crippen LogP contribution in [0.3, 0.4) is 0 Å². The topological polar surface area (TPSA) is 26.3 Å². The van der Waals surface area contributed by atoms with Gasteiger partial charge in [0.05, 0.1) is 7.11 Å². The van der Waals surface area contributed by atoms with Crippen LogP contribution < -0.4 is 0 Å². The first kappa shape index (κ1) is 15.3. The number of hydrogen-bond donors (Lipinski definition) is 0. The molecule has 0 unspecified atom stereocenters. The highest BCUT2D eigenvalue weighted by molar-refractivity contribution is 5.87. The zero-order valence-corrected chi connectivity index (χ0v) is 13.3. The molecule has 0 aliphatic heterocycles. The predicted octanol–water partition coefficient (Wildman–Crippen LogP) is 4.64. The van der Waals surface area contributed by atoms with Crippen molar-refractivity contribution in [1.29, 1.82) is 0 Å². The van der Waals surface area contributed by atoms with Gasteiger partial charge in [-0.2, -0.15) is 0 Å². The third-order valence-electron chi connectivity index (χ3n) is 4.14. The van der Waals surface area contributed by atoms with Crippen molar-refractivity contribution in [3.05, 3.63) is 82.9 Å². The van der Waals surface area contributed by atoms with Gasteiger partial charge < -0.3 is 4.74 Å². The summed E-state index contributed by atoms with van der Waals surface area (Å²) in [5.41, 5.74) is 6.27. The Morgan fingerprint density at radius 2 is 1.87 bits per heavy atom. The van der Waals surface area contributed by atoms with E-state index in [2.05, 4.69) is 47.2 Å². The maximum atomic E-state index is 11.2. The number of rotatable bonds is 3. The van der Waals surface area contributed by atoms with E-state index in [0.717, 1.165) is 18.4 Å². The lowest BCUT2D eigenvalue weighted by Gasteiger charge is -2.11. The standard InChI is InChI=1S/C21H20O2/c1-23-21(22)15-12-16-10-13-18(14-11-16)20-9-5-3-7-17-6-2-4-8-19(17)20/h2,4,6,8-15H,3,5,7H2,1H3. The van der Waals surface area contributed by atoms with E-state index < -0.39 is 0 Å². The lowest BCUT2D eigenvalue weighted by Crippen LogP contribution is -1.94. The Morgan fingerprint density at radius 3 is 2.65 bits per heavy atom. The molecule has 1 aliphatic carbocycles. The van der Waals surface area contributed by atoms with Crippen LogP contribution >= 0.6 is 0 Å². The van der Waals surface area contributed by atoms with Crippen LogP contribution in [0.5, 0.6) is 0 Å². The van der Waals surface area contributed by atoms with E-state index in [4.69, 9.17) is 0 Å². The van der Waals surface area contributed by atoms with Gasteiger partial charge >= 0.3 is 5.97 Å². The lowest BCUT2D eigenvalue weighted by molar-refractivity contribution is -0.134. The largest absolute Gasteiger partial charge is 0.466 e. The molecule has 0 heterocycles. The summed E-state index contributed by atoms with van der Waals surface area (Å²) in [6, 6.07) is 16.9. The Hall–Kier alpha value is -2.61. The first-order valence-electron chi connectivity index (χ1n) is 7.93. The zero-order valence-electron chi connectivity index (χ0n) is 13.3. The monoisotopic (exact) mass is 304 g/mol. The lowest BCUT2D eigenvalue weighted by atomic mass is 9.93. The number of carbonyl (C=O) groups excluding carboxylic acids is 1. The van der Waals surface area contributed by atoms with E-state index in [1.807, 2.05) is 12.1 Å². The number of ether oxygens (including phenoxy) is 1. The van der Waals surface area contributed by atoms with Gasteiger partial charge in [-0.15, -0.1) is 0 Å². The molecule has 2 heteroatoms. The maximum Gasteiger partial charge on any atom is 0.330 e. The number of carbonyl (C=O) groups is 1. The SMILES string of the molecule is COC(=O)C=Cc1ccc(C2=CCCCc3ccccc32)cc1. The second-order valence-electron chi connectivity index (χ2n) is 5.65. The molecule has 1 aliphatic rings. The highest BCUT2D eigenvalue weighted by Crippen LogP contribution is 2.31. The number of esters is 1. The van der Waals surface area contributed by atoms with Gasteiger partial charge in [0, 0.05) is 6.08 Å². The van der Waals surface area contributed by atoms with Gasteiger partial charge in [0.1, 0.15) is 0 Å². The van der Waals surface area contributed by atoms with Crippen LogP contribution in [0.15, 0.2) is 60.7 Å². The van der Waals surface area contributed by atoms with Crippen molar-refractivity contribution in [3.8, 4) is 0 Å². The molecule has 0 saturated heterocycles. The summed E-state index contributed by atoms with van der Waals surface area (Å²) in [5, 5.41) is 0. The minimum Gasteiger partial charge on any atom is -0.466 e. The van der Waals surface area contributed by atoms with Gasteiger partial charge in [0.2, 0.25) is 0 Å².